The smallest absolute Gasteiger partial charge is 0.408 e. The lowest BCUT2D eigenvalue weighted by molar-refractivity contribution is 0.0451. The normalized spacial score (nSPS) is 20.3. The van der Waals surface area contributed by atoms with Gasteiger partial charge in [0.15, 0.2) is 5.96 Å². The van der Waals surface area contributed by atoms with Gasteiger partial charge >= 0.3 is 6.09 Å². The average molecular weight is 512 g/mol. The Labute approximate surface area is 187 Å². The van der Waals surface area contributed by atoms with Crippen LogP contribution in [0.25, 0.3) is 0 Å². The molecule has 1 aliphatic carbocycles. The van der Waals surface area contributed by atoms with Crippen LogP contribution < -0.4 is 16.0 Å². The number of nitrogens with zero attached hydrogens (tertiary/aromatic N) is 1. The monoisotopic (exact) mass is 512 g/mol. The van der Waals surface area contributed by atoms with Gasteiger partial charge in [-0.15, -0.1) is 24.0 Å². The molecule has 2 unspecified atom stereocenters. The molecule has 1 aliphatic rings. The first kappa shape index (κ1) is 27.2. The molecule has 1 amide bonds. The second kappa shape index (κ2) is 12.7. The zero-order valence-electron chi connectivity index (χ0n) is 18.4. The van der Waals surface area contributed by atoms with E-state index in [1.807, 2.05) is 41.5 Å². The highest BCUT2D eigenvalue weighted by Gasteiger charge is 2.31. The van der Waals surface area contributed by atoms with E-state index in [4.69, 9.17) is 9.73 Å². The fourth-order valence-corrected chi connectivity index (χ4v) is 3.27. The number of hydrogen-bond acceptors (Lipinski definition) is 4. The van der Waals surface area contributed by atoms with E-state index in [0.29, 0.717) is 19.0 Å². The highest BCUT2D eigenvalue weighted by molar-refractivity contribution is 14.0. The number of hydrogen-bond donors (Lipinski definition) is 4. The minimum Gasteiger partial charge on any atom is -0.444 e. The Hall–Kier alpha value is -0.770. The lowest BCUT2D eigenvalue weighted by Crippen LogP contribution is -2.52. The van der Waals surface area contributed by atoms with Gasteiger partial charge in [-0.3, -0.25) is 4.99 Å². The van der Waals surface area contributed by atoms with Crippen LogP contribution in [0.3, 0.4) is 0 Å². The summed E-state index contributed by atoms with van der Waals surface area (Å²) in [5, 5.41) is 19.6. The summed E-state index contributed by atoms with van der Waals surface area (Å²) < 4.78 is 5.42. The largest absolute Gasteiger partial charge is 0.444 e. The number of aliphatic hydroxyl groups is 1. The molecule has 7 nitrogen and oxygen atoms in total. The number of carbonyl (C=O) groups excluding carboxylic acids is 1. The zero-order valence-corrected chi connectivity index (χ0v) is 20.8. The van der Waals surface area contributed by atoms with Gasteiger partial charge < -0.3 is 25.8 Å². The summed E-state index contributed by atoms with van der Waals surface area (Å²) in [6, 6.07) is 0. The second-order valence-corrected chi connectivity index (χ2v) is 8.45. The third kappa shape index (κ3) is 9.62. The van der Waals surface area contributed by atoms with Crippen molar-refractivity contribution in [2.45, 2.75) is 90.9 Å². The molecule has 1 rings (SSSR count). The van der Waals surface area contributed by atoms with Gasteiger partial charge in [-0.1, -0.05) is 20.3 Å². The second-order valence-electron chi connectivity index (χ2n) is 8.45. The number of nitrogens with one attached hydrogen (secondary N) is 3. The molecule has 1 saturated carbocycles. The van der Waals surface area contributed by atoms with E-state index in [-0.39, 0.29) is 36.0 Å². The van der Waals surface area contributed by atoms with Gasteiger partial charge in [-0.25, -0.2) is 4.79 Å². The number of aliphatic hydroxyl groups excluding tert-OH is 1. The molecule has 0 aromatic rings. The first-order chi connectivity index (χ1) is 12.6. The molecule has 28 heavy (non-hydrogen) atoms. The van der Waals surface area contributed by atoms with Gasteiger partial charge in [0, 0.05) is 19.0 Å². The maximum atomic E-state index is 12.3. The number of alkyl carbamates (subject to hydrolysis) is 1. The molecule has 0 saturated heterocycles. The summed E-state index contributed by atoms with van der Waals surface area (Å²) >= 11 is 0. The topological polar surface area (TPSA) is 95.0 Å². The summed E-state index contributed by atoms with van der Waals surface area (Å²) in [4.78, 5) is 17.0. The van der Waals surface area contributed by atoms with Crippen molar-refractivity contribution in [2.24, 2.45) is 10.9 Å². The third-order valence-corrected chi connectivity index (χ3v) is 5.15. The lowest BCUT2D eigenvalue weighted by Gasteiger charge is -2.33. The maximum Gasteiger partial charge on any atom is 0.408 e. The SMILES string of the molecule is CCNC(=NCC(CC)(CC)NC(=O)OC(C)(C)C)NCC1CCCC1O.I. The molecule has 0 bridgehead atoms. The Morgan fingerprint density at radius 1 is 1.14 bits per heavy atom. The Kier molecular flexibility index (Phi) is 12.4. The molecular weight excluding hydrogens is 471 g/mol. The Morgan fingerprint density at radius 3 is 2.25 bits per heavy atom. The Morgan fingerprint density at radius 2 is 1.79 bits per heavy atom. The highest BCUT2D eigenvalue weighted by atomic mass is 127. The molecule has 0 spiro atoms. The fourth-order valence-electron chi connectivity index (χ4n) is 3.27. The molecular formula is C20H41IN4O3. The van der Waals surface area contributed by atoms with E-state index in [2.05, 4.69) is 16.0 Å². The summed E-state index contributed by atoms with van der Waals surface area (Å²) in [5.41, 5.74) is -0.975. The maximum absolute atomic E-state index is 12.3. The van der Waals surface area contributed by atoms with Crippen LogP contribution in [0.15, 0.2) is 4.99 Å². The van der Waals surface area contributed by atoms with Gasteiger partial charge in [0.25, 0.3) is 0 Å². The van der Waals surface area contributed by atoms with Crippen LogP contribution in [0.2, 0.25) is 0 Å². The van der Waals surface area contributed by atoms with Crippen molar-refractivity contribution in [3.63, 3.8) is 0 Å². The van der Waals surface area contributed by atoms with Crippen LogP contribution in [-0.2, 0) is 4.74 Å². The summed E-state index contributed by atoms with van der Waals surface area (Å²) in [7, 11) is 0. The highest BCUT2D eigenvalue weighted by Crippen LogP contribution is 2.24. The van der Waals surface area contributed by atoms with Crippen molar-refractivity contribution in [1.29, 1.82) is 0 Å². The van der Waals surface area contributed by atoms with Crippen LogP contribution in [0.4, 0.5) is 4.79 Å². The molecule has 0 heterocycles. The van der Waals surface area contributed by atoms with Crippen molar-refractivity contribution >= 4 is 36.0 Å². The van der Waals surface area contributed by atoms with Crippen LogP contribution >= 0.6 is 24.0 Å². The van der Waals surface area contributed by atoms with Crippen LogP contribution in [0.1, 0.15) is 73.6 Å². The van der Waals surface area contributed by atoms with E-state index in [9.17, 15) is 9.90 Å². The van der Waals surface area contributed by atoms with Crippen molar-refractivity contribution in [2.75, 3.05) is 19.6 Å². The number of carbonyl (C=O) groups is 1. The summed E-state index contributed by atoms with van der Waals surface area (Å²) in [6.45, 7) is 13.6. The number of aliphatic imine (C=N–C) groups is 1. The first-order valence-electron chi connectivity index (χ1n) is 10.4. The molecule has 0 radical (unpaired) electrons. The lowest BCUT2D eigenvalue weighted by atomic mass is 9.93. The summed E-state index contributed by atoms with van der Waals surface area (Å²) in [5.74, 6) is 0.990. The Bertz CT molecular complexity index is 490. The van der Waals surface area contributed by atoms with Gasteiger partial charge in [0.2, 0.25) is 0 Å². The predicted molar refractivity (Wildman–Crippen MR) is 125 cm³/mol. The number of amides is 1. The van der Waals surface area contributed by atoms with E-state index in [1.54, 1.807) is 0 Å². The van der Waals surface area contributed by atoms with E-state index < -0.39 is 17.2 Å². The molecule has 1 fully saturated rings. The molecule has 2 atom stereocenters. The van der Waals surface area contributed by atoms with E-state index in [0.717, 1.165) is 38.6 Å². The van der Waals surface area contributed by atoms with Gasteiger partial charge in [0.05, 0.1) is 18.2 Å². The predicted octanol–water partition coefficient (Wildman–Crippen LogP) is 3.40. The standard InChI is InChI=1S/C20H40N4O3.HI/c1-7-20(8-2,24-18(26)27-19(4,5)6)14-23-17(21-9-3)22-13-15-11-10-12-16(15)25;/h15-16,25H,7-14H2,1-6H3,(H,24,26)(H2,21,22,23);1H. The van der Waals surface area contributed by atoms with Crippen molar-refractivity contribution < 1.29 is 14.6 Å². The molecule has 4 N–H and O–H groups in total. The molecule has 0 aromatic heterocycles. The number of guanidine groups is 1. The van der Waals surface area contributed by atoms with Crippen LogP contribution in [0, 0.1) is 5.92 Å². The molecule has 166 valence electrons. The van der Waals surface area contributed by atoms with Gasteiger partial charge in [0.1, 0.15) is 5.60 Å². The van der Waals surface area contributed by atoms with E-state index >= 15 is 0 Å². The molecule has 0 aromatic carbocycles. The molecule has 8 heteroatoms. The van der Waals surface area contributed by atoms with Crippen LogP contribution in [0.5, 0.6) is 0 Å². The third-order valence-electron chi connectivity index (χ3n) is 5.15. The zero-order chi connectivity index (χ0) is 20.5. The number of rotatable bonds is 8. The van der Waals surface area contributed by atoms with Gasteiger partial charge in [-0.2, -0.15) is 0 Å². The van der Waals surface area contributed by atoms with Crippen molar-refractivity contribution in [3.8, 4) is 0 Å². The quantitative estimate of drug-likeness (QED) is 0.227. The van der Waals surface area contributed by atoms with Crippen LogP contribution in [-0.4, -0.2) is 54.0 Å². The van der Waals surface area contributed by atoms with E-state index in [1.165, 1.54) is 0 Å². The minimum absolute atomic E-state index is 0. The first-order valence-corrected chi connectivity index (χ1v) is 10.4. The van der Waals surface area contributed by atoms with Crippen molar-refractivity contribution in [3.05, 3.63) is 0 Å². The van der Waals surface area contributed by atoms with Gasteiger partial charge in [-0.05, 0) is 53.4 Å². The molecule has 0 aliphatic heterocycles. The summed E-state index contributed by atoms with van der Waals surface area (Å²) in [6.07, 6.45) is 3.89. The number of halogens is 1. The number of ether oxygens (including phenoxy) is 1. The van der Waals surface area contributed by atoms with Crippen molar-refractivity contribution in [1.82, 2.24) is 16.0 Å². The average Bonchev–Trinajstić information content (AvgIpc) is 2.99. The fraction of sp³-hybridized carbons (Fsp3) is 0.900. The Balaban J connectivity index is 0.00000729. The minimum atomic E-state index is -0.529.